The highest BCUT2D eigenvalue weighted by Gasteiger charge is 2.29. The molecule has 0 atom stereocenters. The third-order valence-corrected chi connectivity index (χ3v) is 4.52. The maximum absolute atomic E-state index is 12.7. The fourth-order valence-corrected chi connectivity index (χ4v) is 2.82. The first-order valence-electron chi connectivity index (χ1n) is 10.5. The normalized spacial score (nSPS) is 11.5. The zero-order valence-electron chi connectivity index (χ0n) is 18.4. The average Bonchev–Trinajstić information content (AvgIpc) is 2.85. The number of nitrogens with one attached hydrogen (secondary N) is 3. The first-order valence-corrected chi connectivity index (χ1v) is 10.5. The summed E-state index contributed by atoms with van der Waals surface area (Å²) in [6, 6.07) is 11.0. The molecule has 5 N–H and O–H groups in total. The lowest BCUT2D eigenvalue weighted by Gasteiger charge is -2.10. The van der Waals surface area contributed by atoms with E-state index in [1.807, 2.05) is 0 Å². The van der Waals surface area contributed by atoms with Crippen molar-refractivity contribution in [2.24, 2.45) is 0 Å². The van der Waals surface area contributed by atoms with Gasteiger partial charge in [-0.2, -0.15) is 28.1 Å². The molecular formula is C23H23F3N6O3. The topological polar surface area (TPSA) is 132 Å². The van der Waals surface area contributed by atoms with E-state index < -0.39 is 11.7 Å². The summed E-state index contributed by atoms with van der Waals surface area (Å²) in [4.78, 5) is 25.0. The van der Waals surface area contributed by atoms with E-state index in [1.54, 1.807) is 24.3 Å². The molecule has 3 aromatic rings. The highest BCUT2D eigenvalue weighted by molar-refractivity contribution is 6.07. The van der Waals surface area contributed by atoms with Crippen LogP contribution >= 0.6 is 0 Å². The summed E-state index contributed by atoms with van der Waals surface area (Å²) < 4.78 is 38.0. The molecule has 0 saturated heterocycles. The van der Waals surface area contributed by atoms with Crippen molar-refractivity contribution < 1.29 is 28.2 Å². The van der Waals surface area contributed by atoms with E-state index in [1.165, 1.54) is 24.3 Å². The molecule has 3 rings (SSSR count). The second-order valence-electron chi connectivity index (χ2n) is 7.13. The van der Waals surface area contributed by atoms with Gasteiger partial charge in [0.15, 0.2) is 5.78 Å². The summed E-state index contributed by atoms with van der Waals surface area (Å²) in [7, 11) is 0. The van der Waals surface area contributed by atoms with Gasteiger partial charge in [-0.05, 0) is 48.0 Å². The van der Waals surface area contributed by atoms with Crippen LogP contribution in [0.5, 0.6) is 0 Å². The lowest BCUT2D eigenvalue weighted by Crippen LogP contribution is -2.14. The monoisotopic (exact) mass is 488 g/mol. The number of anilines is 4. The standard InChI is InChI=1S/C23H23F3N6O3/c24-23(25,26)17-6-1-15(2-7-17)3-10-19(35)16-4-8-18(9-5-16)29-22-31-20(27-11-13-33)30-21(32-22)28-12-14-34/h1-10,33-34H,11-14H2,(H3,27,28,29,30,31,32)/b10-3+. The van der Waals surface area contributed by atoms with E-state index in [4.69, 9.17) is 10.2 Å². The van der Waals surface area contributed by atoms with Crippen LogP contribution in [0.15, 0.2) is 54.6 Å². The fourth-order valence-electron chi connectivity index (χ4n) is 2.82. The van der Waals surface area contributed by atoms with Gasteiger partial charge in [-0.15, -0.1) is 0 Å². The van der Waals surface area contributed by atoms with Gasteiger partial charge in [-0.25, -0.2) is 0 Å². The number of benzene rings is 2. The third kappa shape index (κ3) is 7.76. The van der Waals surface area contributed by atoms with E-state index in [-0.39, 0.29) is 49.9 Å². The van der Waals surface area contributed by atoms with Crippen LogP contribution in [0.1, 0.15) is 21.5 Å². The van der Waals surface area contributed by atoms with E-state index in [0.717, 1.165) is 12.1 Å². The van der Waals surface area contributed by atoms with E-state index >= 15 is 0 Å². The number of rotatable bonds is 11. The minimum Gasteiger partial charge on any atom is -0.395 e. The molecule has 0 aliphatic carbocycles. The summed E-state index contributed by atoms with van der Waals surface area (Å²) in [5.74, 6) is 0.319. The van der Waals surface area contributed by atoms with Crippen molar-refractivity contribution >= 4 is 35.4 Å². The van der Waals surface area contributed by atoms with Crippen molar-refractivity contribution in [1.29, 1.82) is 0 Å². The molecule has 1 aromatic heterocycles. The van der Waals surface area contributed by atoms with Gasteiger partial charge >= 0.3 is 6.18 Å². The molecule has 9 nitrogen and oxygen atoms in total. The lowest BCUT2D eigenvalue weighted by molar-refractivity contribution is -0.137. The smallest absolute Gasteiger partial charge is 0.395 e. The second kappa shape index (κ2) is 11.9. The summed E-state index contributed by atoms with van der Waals surface area (Å²) in [5, 5.41) is 26.6. The summed E-state index contributed by atoms with van der Waals surface area (Å²) in [6.45, 7) is 0.243. The molecule has 0 bridgehead atoms. The van der Waals surface area contributed by atoms with Crippen LogP contribution in [0, 0.1) is 0 Å². The minimum atomic E-state index is -4.41. The number of halogens is 3. The molecule has 0 unspecified atom stereocenters. The highest BCUT2D eigenvalue weighted by atomic mass is 19.4. The largest absolute Gasteiger partial charge is 0.416 e. The number of aliphatic hydroxyl groups excluding tert-OH is 2. The maximum Gasteiger partial charge on any atom is 0.416 e. The summed E-state index contributed by atoms with van der Waals surface area (Å²) >= 11 is 0. The van der Waals surface area contributed by atoms with Gasteiger partial charge in [-0.3, -0.25) is 4.79 Å². The average molecular weight is 488 g/mol. The van der Waals surface area contributed by atoms with Crippen molar-refractivity contribution in [3.05, 3.63) is 71.3 Å². The SMILES string of the molecule is O=C(/C=C/c1ccc(C(F)(F)F)cc1)c1ccc(Nc2nc(NCCO)nc(NCCO)n2)cc1. The van der Waals surface area contributed by atoms with Crippen LogP contribution in [-0.4, -0.2) is 57.3 Å². The number of hydrogen-bond donors (Lipinski definition) is 5. The number of carbonyl (C=O) groups excluding carboxylic acids is 1. The predicted molar refractivity (Wildman–Crippen MR) is 126 cm³/mol. The molecule has 1 heterocycles. The van der Waals surface area contributed by atoms with Gasteiger partial charge in [-0.1, -0.05) is 18.2 Å². The number of aromatic nitrogens is 3. The molecule has 0 fully saturated rings. The van der Waals surface area contributed by atoms with Crippen LogP contribution in [0.2, 0.25) is 0 Å². The zero-order valence-corrected chi connectivity index (χ0v) is 18.4. The molecule has 12 heteroatoms. The Morgan fingerprint density at radius 2 is 1.37 bits per heavy atom. The van der Waals surface area contributed by atoms with Crippen molar-refractivity contribution in [2.45, 2.75) is 6.18 Å². The van der Waals surface area contributed by atoms with Crippen molar-refractivity contribution in [3.63, 3.8) is 0 Å². The molecule has 0 radical (unpaired) electrons. The first-order chi connectivity index (χ1) is 16.8. The third-order valence-electron chi connectivity index (χ3n) is 4.52. The molecule has 35 heavy (non-hydrogen) atoms. The Hall–Kier alpha value is -4.03. The molecule has 0 spiro atoms. The van der Waals surface area contributed by atoms with Gasteiger partial charge in [0.1, 0.15) is 0 Å². The number of nitrogens with zero attached hydrogens (tertiary/aromatic N) is 3. The first kappa shape index (κ1) is 25.6. The zero-order chi connectivity index (χ0) is 25.3. The summed E-state index contributed by atoms with van der Waals surface area (Å²) in [5.41, 5.74) is 0.677. The molecule has 0 amide bonds. The Morgan fingerprint density at radius 3 is 1.89 bits per heavy atom. The molecule has 0 aliphatic heterocycles. The van der Waals surface area contributed by atoms with Gasteiger partial charge in [0.05, 0.1) is 18.8 Å². The Morgan fingerprint density at radius 1 is 0.829 bits per heavy atom. The number of ketones is 1. The van der Waals surface area contributed by atoms with Crippen LogP contribution in [0.3, 0.4) is 0 Å². The molecule has 184 valence electrons. The second-order valence-corrected chi connectivity index (χ2v) is 7.13. The number of carbonyl (C=O) groups is 1. The number of aliphatic hydroxyl groups is 2. The van der Waals surface area contributed by atoms with Crippen LogP contribution < -0.4 is 16.0 Å². The fraction of sp³-hybridized carbons (Fsp3) is 0.217. The van der Waals surface area contributed by atoms with Gasteiger partial charge in [0.2, 0.25) is 17.8 Å². The van der Waals surface area contributed by atoms with Crippen LogP contribution in [-0.2, 0) is 6.18 Å². The Bertz CT molecular complexity index is 1130. The highest BCUT2D eigenvalue weighted by Crippen LogP contribution is 2.29. The Labute approximate surface area is 198 Å². The van der Waals surface area contributed by atoms with E-state index in [0.29, 0.717) is 16.8 Å². The Balaban J connectivity index is 1.67. The maximum atomic E-state index is 12.7. The van der Waals surface area contributed by atoms with Crippen molar-refractivity contribution in [3.8, 4) is 0 Å². The number of alkyl halides is 3. The lowest BCUT2D eigenvalue weighted by atomic mass is 10.1. The van der Waals surface area contributed by atoms with Crippen LogP contribution in [0.4, 0.5) is 36.7 Å². The predicted octanol–water partition coefficient (Wildman–Crippen LogP) is 3.34. The van der Waals surface area contributed by atoms with Gasteiger partial charge in [0.25, 0.3) is 0 Å². The number of hydrogen-bond acceptors (Lipinski definition) is 9. The molecular weight excluding hydrogens is 465 g/mol. The van der Waals surface area contributed by atoms with E-state index in [2.05, 4.69) is 30.9 Å². The number of allylic oxidation sites excluding steroid dienone is 1. The quantitative estimate of drug-likeness (QED) is 0.204. The van der Waals surface area contributed by atoms with Gasteiger partial charge < -0.3 is 26.2 Å². The van der Waals surface area contributed by atoms with Gasteiger partial charge in [0, 0.05) is 24.3 Å². The molecule has 0 aliphatic rings. The van der Waals surface area contributed by atoms with Crippen molar-refractivity contribution in [2.75, 3.05) is 42.3 Å². The molecule has 2 aromatic carbocycles. The van der Waals surface area contributed by atoms with E-state index in [9.17, 15) is 18.0 Å². The Kier molecular flexibility index (Phi) is 8.70. The van der Waals surface area contributed by atoms with Crippen molar-refractivity contribution in [1.82, 2.24) is 15.0 Å². The summed E-state index contributed by atoms with van der Waals surface area (Å²) in [6.07, 6.45) is -1.68. The minimum absolute atomic E-state index is 0.114. The van der Waals surface area contributed by atoms with Crippen LogP contribution in [0.25, 0.3) is 6.08 Å². The molecule has 0 saturated carbocycles.